The van der Waals surface area contributed by atoms with E-state index in [1.807, 2.05) is 30.3 Å². The fourth-order valence-corrected chi connectivity index (χ4v) is 2.16. The average molecular weight is 300 g/mol. The van der Waals surface area contributed by atoms with Crippen LogP contribution in [0.2, 0.25) is 0 Å². The number of hydrogen-bond acceptors (Lipinski definition) is 5. The van der Waals surface area contributed by atoms with E-state index in [-0.39, 0.29) is 5.71 Å². The van der Waals surface area contributed by atoms with Crippen LogP contribution in [0.15, 0.2) is 72.0 Å². The van der Waals surface area contributed by atoms with Crippen molar-refractivity contribution in [2.24, 2.45) is 5.10 Å². The van der Waals surface area contributed by atoms with Crippen molar-refractivity contribution in [2.75, 3.05) is 5.43 Å². The molecule has 0 spiro atoms. The van der Waals surface area contributed by atoms with E-state index in [4.69, 9.17) is 0 Å². The number of aromatic nitrogens is 1. The van der Waals surface area contributed by atoms with E-state index >= 15 is 0 Å². The Labute approximate surface area is 132 Å². The smallest absolute Gasteiger partial charge is 0.223 e. The first kappa shape index (κ1) is 14.4. The van der Waals surface area contributed by atoms with E-state index in [0.717, 1.165) is 10.9 Å². The van der Waals surface area contributed by atoms with Crippen molar-refractivity contribution in [1.29, 1.82) is 5.26 Å². The molecule has 0 saturated carbocycles. The Morgan fingerprint density at radius 1 is 1.04 bits per heavy atom. The van der Waals surface area contributed by atoms with Crippen LogP contribution in [0.5, 0.6) is 0 Å². The first-order chi connectivity index (χ1) is 11.3. The summed E-state index contributed by atoms with van der Waals surface area (Å²) in [5.74, 6) is -0.422. The van der Waals surface area contributed by atoms with Gasteiger partial charge in [-0.2, -0.15) is 10.4 Å². The molecule has 0 bridgehead atoms. The summed E-state index contributed by atoms with van der Waals surface area (Å²) in [5, 5.41) is 14.1. The number of pyridine rings is 1. The molecule has 0 atom stereocenters. The van der Waals surface area contributed by atoms with Crippen molar-refractivity contribution in [1.82, 2.24) is 4.98 Å². The number of fused-ring (bicyclic) bond motifs is 1. The molecular weight excluding hydrogens is 288 g/mol. The zero-order chi connectivity index (χ0) is 16.1. The number of nitriles is 1. The van der Waals surface area contributed by atoms with E-state index in [9.17, 15) is 10.1 Å². The molecule has 1 aromatic heterocycles. The van der Waals surface area contributed by atoms with Gasteiger partial charge in [0.1, 0.15) is 6.07 Å². The molecule has 0 unspecified atom stereocenters. The summed E-state index contributed by atoms with van der Waals surface area (Å²) in [6.07, 6.45) is 1.68. The molecule has 23 heavy (non-hydrogen) atoms. The van der Waals surface area contributed by atoms with Gasteiger partial charge in [0.15, 0.2) is 0 Å². The molecule has 0 aliphatic carbocycles. The van der Waals surface area contributed by atoms with E-state index in [1.54, 1.807) is 42.6 Å². The summed E-state index contributed by atoms with van der Waals surface area (Å²) in [4.78, 5) is 16.5. The van der Waals surface area contributed by atoms with Gasteiger partial charge in [0.05, 0.1) is 11.2 Å². The molecule has 3 rings (SSSR count). The number of anilines is 1. The molecule has 5 nitrogen and oxygen atoms in total. The Morgan fingerprint density at radius 2 is 1.83 bits per heavy atom. The SMILES string of the molecule is N#C/C(=N\Nc1cccc2cccnc12)C(=O)c1ccccc1. The lowest BCUT2D eigenvalue weighted by Crippen LogP contribution is -2.14. The molecule has 0 saturated heterocycles. The van der Waals surface area contributed by atoms with Gasteiger partial charge < -0.3 is 0 Å². The van der Waals surface area contributed by atoms with E-state index in [0.29, 0.717) is 11.3 Å². The molecule has 1 N–H and O–H groups in total. The highest BCUT2D eigenvalue weighted by molar-refractivity contribution is 6.51. The van der Waals surface area contributed by atoms with Crippen molar-refractivity contribution in [2.45, 2.75) is 0 Å². The molecule has 2 aromatic carbocycles. The number of hydrazone groups is 1. The van der Waals surface area contributed by atoms with Gasteiger partial charge in [-0.3, -0.25) is 15.2 Å². The molecule has 0 aliphatic heterocycles. The Kier molecular flexibility index (Phi) is 4.07. The van der Waals surface area contributed by atoms with Crippen LogP contribution in [-0.4, -0.2) is 16.5 Å². The summed E-state index contributed by atoms with van der Waals surface area (Å²) in [6.45, 7) is 0. The van der Waals surface area contributed by atoms with Crippen molar-refractivity contribution < 1.29 is 4.79 Å². The van der Waals surface area contributed by atoms with Crippen LogP contribution in [0.1, 0.15) is 10.4 Å². The van der Waals surface area contributed by atoms with E-state index in [1.165, 1.54) is 0 Å². The summed E-state index contributed by atoms with van der Waals surface area (Å²) in [5.41, 5.74) is 4.35. The normalized spacial score (nSPS) is 11.0. The number of Topliss-reactive ketones (excluding diaryl/α,β-unsaturated/α-hetero) is 1. The zero-order valence-electron chi connectivity index (χ0n) is 12.1. The van der Waals surface area contributed by atoms with Gasteiger partial charge in [0.25, 0.3) is 0 Å². The van der Waals surface area contributed by atoms with Crippen molar-refractivity contribution in [3.05, 3.63) is 72.4 Å². The second-order valence-corrected chi connectivity index (χ2v) is 4.76. The van der Waals surface area contributed by atoms with Crippen molar-refractivity contribution in [3.8, 4) is 6.07 Å². The molecule has 110 valence electrons. The van der Waals surface area contributed by atoms with Crippen molar-refractivity contribution in [3.63, 3.8) is 0 Å². The number of rotatable bonds is 4. The molecule has 0 amide bonds. The zero-order valence-corrected chi connectivity index (χ0v) is 12.1. The van der Waals surface area contributed by atoms with Crippen LogP contribution in [-0.2, 0) is 0 Å². The first-order valence-corrected chi connectivity index (χ1v) is 6.97. The highest BCUT2D eigenvalue weighted by atomic mass is 16.1. The molecular formula is C18H12N4O. The van der Waals surface area contributed by atoms with E-state index < -0.39 is 5.78 Å². The predicted molar refractivity (Wildman–Crippen MR) is 89.2 cm³/mol. The lowest BCUT2D eigenvalue weighted by atomic mass is 10.1. The number of ketones is 1. The lowest BCUT2D eigenvalue weighted by molar-refractivity contribution is 0.106. The standard InChI is InChI=1S/C18H12N4O/c19-12-16(18(23)14-6-2-1-3-7-14)22-21-15-10-4-8-13-9-5-11-20-17(13)15/h1-11,21H/b22-16+. The maximum atomic E-state index is 12.3. The molecule has 3 aromatic rings. The highest BCUT2D eigenvalue weighted by Gasteiger charge is 2.13. The Hall–Kier alpha value is -3.52. The van der Waals surface area contributed by atoms with Gasteiger partial charge >= 0.3 is 0 Å². The maximum absolute atomic E-state index is 12.3. The van der Waals surface area contributed by atoms with Gasteiger partial charge in [-0.15, -0.1) is 0 Å². The first-order valence-electron chi connectivity index (χ1n) is 6.97. The number of hydrogen-bond donors (Lipinski definition) is 1. The molecule has 0 aliphatic rings. The highest BCUT2D eigenvalue weighted by Crippen LogP contribution is 2.20. The van der Waals surface area contributed by atoms with Gasteiger partial charge in [0, 0.05) is 17.1 Å². The topological polar surface area (TPSA) is 78.1 Å². The Bertz CT molecular complexity index is 921. The third-order valence-corrected chi connectivity index (χ3v) is 3.28. The van der Waals surface area contributed by atoms with Crippen LogP contribution < -0.4 is 5.43 Å². The number of carbonyl (C=O) groups excluding carboxylic acids is 1. The van der Waals surface area contributed by atoms with Gasteiger partial charge in [-0.25, -0.2) is 0 Å². The minimum Gasteiger partial charge on any atom is -0.286 e. The third kappa shape index (κ3) is 3.06. The summed E-state index contributed by atoms with van der Waals surface area (Å²) in [7, 11) is 0. The minimum atomic E-state index is -0.422. The Balaban J connectivity index is 1.91. The fraction of sp³-hybridized carbons (Fsp3) is 0. The molecule has 0 radical (unpaired) electrons. The average Bonchev–Trinajstić information content (AvgIpc) is 2.63. The van der Waals surface area contributed by atoms with Crippen LogP contribution >= 0.6 is 0 Å². The number of benzene rings is 2. The van der Waals surface area contributed by atoms with Crippen LogP contribution in [0.25, 0.3) is 10.9 Å². The minimum absolute atomic E-state index is 0.205. The second-order valence-electron chi connectivity index (χ2n) is 4.76. The second kappa shape index (κ2) is 6.50. The Morgan fingerprint density at radius 3 is 2.61 bits per heavy atom. The lowest BCUT2D eigenvalue weighted by Gasteiger charge is -2.05. The predicted octanol–water partition coefficient (Wildman–Crippen LogP) is 3.41. The summed E-state index contributed by atoms with van der Waals surface area (Å²) in [6, 6.07) is 19.8. The number of para-hydroxylation sites is 1. The fourth-order valence-electron chi connectivity index (χ4n) is 2.16. The summed E-state index contributed by atoms with van der Waals surface area (Å²) >= 11 is 0. The van der Waals surface area contributed by atoms with Gasteiger partial charge in [-0.05, 0) is 12.1 Å². The van der Waals surface area contributed by atoms with E-state index in [2.05, 4.69) is 15.5 Å². The van der Waals surface area contributed by atoms with Crippen LogP contribution in [0, 0.1) is 11.3 Å². The molecule has 0 fully saturated rings. The molecule has 1 heterocycles. The van der Waals surface area contributed by atoms with Crippen molar-refractivity contribution >= 4 is 28.1 Å². The van der Waals surface area contributed by atoms with Gasteiger partial charge in [-0.1, -0.05) is 48.5 Å². The number of nitrogens with one attached hydrogen (secondary N) is 1. The largest absolute Gasteiger partial charge is 0.286 e. The summed E-state index contributed by atoms with van der Waals surface area (Å²) < 4.78 is 0. The quantitative estimate of drug-likeness (QED) is 0.455. The third-order valence-electron chi connectivity index (χ3n) is 3.28. The van der Waals surface area contributed by atoms with Gasteiger partial charge in [0.2, 0.25) is 11.5 Å². The monoisotopic (exact) mass is 300 g/mol. The van der Waals surface area contributed by atoms with Crippen LogP contribution in [0.3, 0.4) is 0 Å². The number of carbonyl (C=O) groups is 1. The molecule has 5 heteroatoms. The number of nitrogens with zero attached hydrogens (tertiary/aromatic N) is 3. The maximum Gasteiger partial charge on any atom is 0.223 e. The van der Waals surface area contributed by atoms with Crippen LogP contribution in [0.4, 0.5) is 5.69 Å².